The first-order chi connectivity index (χ1) is 8.09. The molecule has 0 aliphatic carbocycles. The number of unbranched alkanes of at least 4 members (excludes halogenated alkanes) is 1. The Morgan fingerprint density at radius 2 is 1.94 bits per heavy atom. The Balaban J connectivity index is 2.69. The fourth-order valence-electron chi connectivity index (χ4n) is 1.53. The first kappa shape index (κ1) is 14.3. The van der Waals surface area contributed by atoms with Crippen molar-refractivity contribution in [3.63, 3.8) is 0 Å². The lowest BCUT2D eigenvalue weighted by Crippen LogP contribution is -2.17. The van der Waals surface area contributed by atoms with Gasteiger partial charge in [0.25, 0.3) is 0 Å². The molecule has 0 bridgehead atoms. The van der Waals surface area contributed by atoms with Crippen molar-refractivity contribution < 1.29 is 8.42 Å². The maximum Gasteiger partial charge on any atom is 0.232 e. The predicted molar refractivity (Wildman–Crippen MR) is 73.2 cm³/mol. The third-order valence-corrected chi connectivity index (χ3v) is 4.08. The van der Waals surface area contributed by atoms with Crippen LogP contribution >= 0.6 is 11.6 Å². The lowest BCUT2D eigenvalue weighted by atomic mass is 10.1. The molecule has 1 aromatic carbocycles. The van der Waals surface area contributed by atoms with Crippen LogP contribution in [0.25, 0.3) is 0 Å². The molecule has 17 heavy (non-hydrogen) atoms. The zero-order valence-electron chi connectivity index (χ0n) is 9.95. The van der Waals surface area contributed by atoms with E-state index in [4.69, 9.17) is 11.6 Å². The molecule has 0 radical (unpaired) electrons. The maximum atomic E-state index is 11.8. The van der Waals surface area contributed by atoms with Crippen LogP contribution in [0.5, 0.6) is 0 Å². The molecule has 0 unspecified atom stereocenters. The van der Waals surface area contributed by atoms with Crippen LogP contribution in [0, 0.1) is 0 Å². The van der Waals surface area contributed by atoms with Crippen molar-refractivity contribution in [3.8, 4) is 0 Å². The maximum absolute atomic E-state index is 11.8. The molecule has 5 heteroatoms. The van der Waals surface area contributed by atoms with E-state index in [9.17, 15) is 8.42 Å². The van der Waals surface area contributed by atoms with Crippen molar-refractivity contribution in [1.82, 2.24) is 0 Å². The number of rotatable bonds is 7. The first-order valence-corrected chi connectivity index (χ1v) is 7.92. The highest BCUT2D eigenvalue weighted by Gasteiger charge is 2.11. The van der Waals surface area contributed by atoms with Crippen molar-refractivity contribution in [2.45, 2.75) is 26.2 Å². The fourth-order valence-corrected chi connectivity index (χ4v) is 2.94. The van der Waals surface area contributed by atoms with Gasteiger partial charge in [0, 0.05) is 5.88 Å². The molecule has 0 aliphatic rings. The summed E-state index contributed by atoms with van der Waals surface area (Å²) in [6, 6.07) is 7.45. The van der Waals surface area contributed by atoms with Gasteiger partial charge in [-0.3, -0.25) is 4.72 Å². The first-order valence-electron chi connectivity index (χ1n) is 5.73. The molecule has 96 valence electrons. The van der Waals surface area contributed by atoms with E-state index in [1.165, 1.54) is 0 Å². The number of sulfonamides is 1. The van der Waals surface area contributed by atoms with Gasteiger partial charge in [0.15, 0.2) is 0 Å². The summed E-state index contributed by atoms with van der Waals surface area (Å²) in [4.78, 5) is 0. The smallest absolute Gasteiger partial charge is 0.232 e. The third-order valence-electron chi connectivity index (χ3n) is 2.46. The Morgan fingerprint density at radius 3 is 2.59 bits per heavy atom. The normalized spacial score (nSPS) is 11.4. The molecular weight excluding hydrogens is 258 g/mol. The Morgan fingerprint density at radius 1 is 1.24 bits per heavy atom. The van der Waals surface area contributed by atoms with Crippen molar-refractivity contribution in [1.29, 1.82) is 0 Å². The van der Waals surface area contributed by atoms with E-state index >= 15 is 0 Å². The zero-order chi connectivity index (χ0) is 12.7. The second-order valence-corrected chi connectivity index (χ2v) is 6.05. The molecule has 0 heterocycles. The molecule has 0 amide bonds. The van der Waals surface area contributed by atoms with E-state index in [2.05, 4.69) is 4.72 Å². The monoisotopic (exact) mass is 275 g/mol. The number of aryl methyl sites for hydroxylation is 1. The number of hydrogen-bond acceptors (Lipinski definition) is 2. The molecule has 0 saturated heterocycles. The quantitative estimate of drug-likeness (QED) is 0.614. The molecule has 0 saturated carbocycles. The van der Waals surface area contributed by atoms with Crippen LogP contribution in [0.4, 0.5) is 5.69 Å². The summed E-state index contributed by atoms with van der Waals surface area (Å²) < 4.78 is 26.2. The lowest BCUT2D eigenvalue weighted by molar-refractivity contribution is 0.598. The van der Waals surface area contributed by atoms with Gasteiger partial charge in [0.1, 0.15) is 0 Å². The van der Waals surface area contributed by atoms with Gasteiger partial charge in [0.05, 0.1) is 11.4 Å². The highest BCUT2D eigenvalue weighted by atomic mass is 35.5. The van der Waals surface area contributed by atoms with Crippen molar-refractivity contribution >= 4 is 27.3 Å². The van der Waals surface area contributed by atoms with Crippen LogP contribution < -0.4 is 4.72 Å². The van der Waals surface area contributed by atoms with Crippen LogP contribution in [0.3, 0.4) is 0 Å². The molecule has 3 nitrogen and oxygen atoms in total. The number of hydrogen-bond donors (Lipinski definition) is 1. The Bertz CT molecular complexity index is 446. The van der Waals surface area contributed by atoms with E-state index in [0.29, 0.717) is 18.0 Å². The Kier molecular flexibility index (Phi) is 5.78. The fraction of sp³-hybridized carbons (Fsp3) is 0.500. The molecule has 0 atom stereocenters. The molecule has 1 aromatic rings. The van der Waals surface area contributed by atoms with Crippen LogP contribution in [0.2, 0.25) is 0 Å². The molecule has 1 N–H and O–H groups in total. The Labute approximate surface area is 108 Å². The van der Waals surface area contributed by atoms with E-state index < -0.39 is 10.0 Å². The standard InChI is InChI=1S/C12H18ClNO2S/c1-2-11-7-3-4-8-12(11)14-17(15,16)10-6-5-9-13/h3-4,7-8,14H,2,5-6,9-10H2,1H3. The summed E-state index contributed by atoms with van der Waals surface area (Å²) >= 11 is 5.52. The van der Waals surface area contributed by atoms with Gasteiger partial charge in [-0.25, -0.2) is 8.42 Å². The van der Waals surface area contributed by atoms with E-state index in [0.717, 1.165) is 18.4 Å². The number of benzene rings is 1. The molecule has 1 rings (SSSR count). The van der Waals surface area contributed by atoms with Crippen molar-refractivity contribution in [2.75, 3.05) is 16.4 Å². The average molecular weight is 276 g/mol. The topological polar surface area (TPSA) is 46.2 Å². The second-order valence-electron chi connectivity index (χ2n) is 3.83. The SMILES string of the molecule is CCc1ccccc1NS(=O)(=O)CCCCCl. The predicted octanol–water partition coefficient (Wildman–Crippen LogP) is 3.01. The average Bonchev–Trinajstić information content (AvgIpc) is 2.29. The lowest BCUT2D eigenvalue weighted by Gasteiger charge is -2.11. The minimum atomic E-state index is -3.25. The number of nitrogens with one attached hydrogen (secondary N) is 1. The van der Waals surface area contributed by atoms with E-state index in [1.54, 1.807) is 6.07 Å². The van der Waals surface area contributed by atoms with Crippen LogP contribution in [-0.4, -0.2) is 20.1 Å². The number of halogens is 1. The minimum Gasteiger partial charge on any atom is -0.283 e. The van der Waals surface area contributed by atoms with Gasteiger partial charge in [-0.2, -0.15) is 0 Å². The van der Waals surface area contributed by atoms with Crippen LogP contribution in [0.15, 0.2) is 24.3 Å². The molecule has 0 spiro atoms. The van der Waals surface area contributed by atoms with E-state index in [1.807, 2.05) is 25.1 Å². The van der Waals surface area contributed by atoms with Gasteiger partial charge < -0.3 is 0 Å². The Hall–Kier alpha value is -0.740. The van der Waals surface area contributed by atoms with Gasteiger partial charge in [-0.15, -0.1) is 11.6 Å². The number of alkyl halides is 1. The molecule has 0 aromatic heterocycles. The molecular formula is C12H18ClNO2S. The summed E-state index contributed by atoms with van der Waals surface area (Å²) in [6.07, 6.45) is 2.12. The highest BCUT2D eigenvalue weighted by Crippen LogP contribution is 2.17. The number of anilines is 1. The van der Waals surface area contributed by atoms with Gasteiger partial charge in [0.2, 0.25) is 10.0 Å². The zero-order valence-corrected chi connectivity index (χ0v) is 11.5. The van der Waals surface area contributed by atoms with Gasteiger partial charge >= 0.3 is 0 Å². The minimum absolute atomic E-state index is 0.123. The van der Waals surface area contributed by atoms with E-state index in [-0.39, 0.29) is 5.75 Å². The van der Waals surface area contributed by atoms with Crippen LogP contribution in [-0.2, 0) is 16.4 Å². The largest absolute Gasteiger partial charge is 0.283 e. The third kappa shape index (κ3) is 4.96. The van der Waals surface area contributed by atoms with Crippen molar-refractivity contribution in [2.24, 2.45) is 0 Å². The van der Waals surface area contributed by atoms with Gasteiger partial charge in [-0.05, 0) is 30.9 Å². The molecule has 0 aliphatic heterocycles. The molecule has 0 fully saturated rings. The summed E-state index contributed by atoms with van der Waals surface area (Å²) in [7, 11) is -3.25. The summed E-state index contributed by atoms with van der Waals surface area (Å²) in [5, 5.41) is 0. The highest BCUT2D eigenvalue weighted by molar-refractivity contribution is 7.92. The summed E-state index contributed by atoms with van der Waals surface area (Å²) in [5.41, 5.74) is 1.69. The number of para-hydroxylation sites is 1. The second kappa shape index (κ2) is 6.87. The summed E-state index contributed by atoms with van der Waals surface area (Å²) in [5.74, 6) is 0.624. The van der Waals surface area contributed by atoms with Crippen LogP contribution in [0.1, 0.15) is 25.3 Å². The summed E-state index contributed by atoms with van der Waals surface area (Å²) in [6.45, 7) is 2.00. The van der Waals surface area contributed by atoms with Gasteiger partial charge in [-0.1, -0.05) is 25.1 Å². The van der Waals surface area contributed by atoms with Crippen molar-refractivity contribution in [3.05, 3.63) is 29.8 Å².